The minimum absolute atomic E-state index is 0.209. The highest BCUT2D eigenvalue weighted by atomic mass is 16.2. The van der Waals surface area contributed by atoms with Crippen molar-refractivity contribution in [1.82, 2.24) is 10.6 Å². The second kappa shape index (κ2) is 10.2. The maximum absolute atomic E-state index is 13.7. The van der Waals surface area contributed by atoms with Gasteiger partial charge in [-0.05, 0) is 62.5 Å². The Morgan fingerprint density at radius 3 is 2.64 bits per heavy atom. The van der Waals surface area contributed by atoms with E-state index in [1.165, 1.54) is 0 Å². The van der Waals surface area contributed by atoms with Crippen molar-refractivity contribution in [3.8, 4) is 0 Å². The third-order valence-electron chi connectivity index (χ3n) is 6.06. The van der Waals surface area contributed by atoms with E-state index in [0.717, 1.165) is 48.5 Å². The van der Waals surface area contributed by atoms with Crippen molar-refractivity contribution in [2.45, 2.75) is 39.8 Å². The number of carbonyl (C=O) groups excluding carboxylic acids is 2. The molecule has 1 unspecified atom stereocenters. The Labute approximate surface area is 195 Å². The van der Waals surface area contributed by atoms with Gasteiger partial charge in [0.1, 0.15) is 0 Å². The highest BCUT2D eigenvalue weighted by Gasteiger charge is 2.35. The number of carbonyl (C=O) groups is 2. The summed E-state index contributed by atoms with van der Waals surface area (Å²) >= 11 is 0. The number of fused-ring (bicyclic) bond motifs is 1. The number of piperidine rings is 1. The first-order chi connectivity index (χ1) is 15.9. The van der Waals surface area contributed by atoms with Crippen molar-refractivity contribution in [2.75, 3.05) is 29.9 Å². The van der Waals surface area contributed by atoms with Crippen molar-refractivity contribution in [3.63, 3.8) is 0 Å². The fourth-order valence-electron chi connectivity index (χ4n) is 4.54. The number of para-hydroxylation sites is 1. The summed E-state index contributed by atoms with van der Waals surface area (Å²) in [6.45, 7) is 8.53. The van der Waals surface area contributed by atoms with Gasteiger partial charge in [-0.1, -0.05) is 44.2 Å². The zero-order chi connectivity index (χ0) is 23.4. The van der Waals surface area contributed by atoms with E-state index in [-0.39, 0.29) is 17.7 Å². The summed E-state index contributed by atoms with van der Waals surface area (Å²) in [5.74, 6) is 0.298. The maximum Gasteiger partial charge on any atom is 0.321 e. The molecule has 2 aliphatic rings. The minimum atomic E-state index is -0.981. The number of anilines is 2. The largest absolute Gasteiger partial charge is 0.321 e. The van der Waals surface area contributed by atoms with E-state index < -0.39 is 12.2 Å². The van der Waals surface area contributed by atoms with E-state index in [2.05, 4.69) is 29.8 Å². The number of aliphatic imine (C=N–C) groups is 1. The van der Waals surface area contributed by atoms with Gasteiger partial charge in [-0.2, -0.15) is 0 Å². The van der Waals surface area contributed by atoms with E-state index in [1.807, 2.05) is 55.5 Å². The van der Waals surface area contributed by atoms with Crippen LogP contribution in [0, 0.1) is 18.8 Å². The average molecular weight is 448 g/mol. The third kappa shape index (κ3) is 5.42. The molecule has 0 saturated carbocycles. The monoisotopic (exact) mass is 447 g/mol. The summed E-state index contributed by atoms with van der Waals surface area (Å²) in [7, 11) is 0. The van der Waals surface area contributed by atoms with E-state index in [9.17, 15) is 9.59 Å². The first-order valence-corrected chi connectivity index (χ1v) is 11.8. The lowest BCUT2D eigenvalue weighted by Gasteiger charge is -2.27. The number of aryl methyl sites for hydroxylation is 1. The quantitative estimate of drug-likeness (QED) is 0.649. The SMILES string of the molecule is Cc1cccc(NC(=O)NC2N=C(C3CCNCC3)c3ccccc3N(CC(C)C)C2=O)c1. The Morgan fingerprint density at radius 1 is 1.15 bits per heavy atom. The van der Waals surface area contributed by atoms with Crippen LogP contribution in [-0.2, 0) is 4.79 Å². The topological polar surface area (TPSA) is 85.8 Å². The average Bonchev–Trinajstić information content (AvgIpc) is 2.90. The number of hydrogen-bond donors (Lipinski definition) is 3. The summed E-state index contributed by atoms with van der Waals surface area (Å²) in [6.07, 6.45) is 0.924. The van der Waals surface area contributed by atoms with Crippen LogP contribution < -0.4 is 20.9 Å². The summed E-state index contributed by atoms with van der Waals surface area (Å²) < 4.78 is 0. The Bertz CT molecular complexity index is 1040. The van der Waals surface area contributed by atoms with Crippen molar-refractivity contribution in [1.29, 1.82) is 0 Å². The van der Waals surface area contributed by atoms with Gasteiger partial charge >= 0.3 is 6.03 Å². The van der Waals surface area contributed by atoms with Crippen LogP contribution in [0.4, 0.5) is 16.2 Å². The van der Waals surface area contributed by atoms with Gasteiger partial charge in [0.25, 0.3) is 5.91 Å². The summed E-state index contributed by atoms with van der Waals surface area (Å²) in [4.78, 5) is 33.2. The lowest BCUT2D eigenvalue weighted by molar-refractivity contribution is -0.120. The van der Waals surface area contributed by atoms with Crippen molar-refractivity contribution >= 4 is 29.0 Å². The first kappa shape index (κ1) is 23.0. The highest BCUT2D eigenvalue weighted by molar-refractivity contribution is 6.14. The van der Waals surface area contributed by atoms with Crippen LogP contribution in [-0.4, -0.2) is 43.5 Å². The zero-order valence-electron chi connectivity index (χ0n) is 19.6. The Kier molecular flexibility index (Phi) is 7.08. The molecule has 1 saturated heterocycles. The van der Waals surface area contributed by atoms with Gasteiger partial charge in [0.05, 0.1) is 11.4 Å². The smallest absolute Gasteiger partial charge is 0.317 e. The fraction of sp³-hybridized carbons (Fsp3) is 0.423. The molecule has 174 valence electrons. The fourth-order valence-corrected chi connectivity index (χ4v) is 4.54. The van der Waals surface area contributed by atoms with Crippen molar-refractivity contribution in [2.24, 2.45) is 16.8 Å². The van der Waals surface area contributed by atoms with Crippen LogP contribution in [0.15, 0.2) is 53.5 Å². The molecule has 2 aliphatic heterocycles. The molecule has 3 amide bonds. The summed E-state index contributed by atoms with van der Waals surface area (Å²) in [5.41, 5.74) is 4.49. The van der Waals surface area contributed by atoms with Gasteiger partial charge in [0.2, 0.25) is 6.17 Å². The lowest BCUT2D eigenvalue weighted by Crippen LogP contribution is -2.49. The molecule has 2 aromatic rings. The summed E-state index contributed by atoms with van der Waals surface area (Å²) in [6, 6.07) is 15.1. The van der Waals surface area contributed by atoms with Crippen LogP contribution >= 0.6 is 0 Å². The zero-order valence-corrected chi connectivity index (χ0v) is 19.6. The molecule has 2 heterocycles. The molecule has 33 heavy (non-hydrogen) atoms. The van der Waals surface area contributed by atoms with Crippen LogP contribution in [0.3, 0.4) is 0 Å². The van der Waals surface area contributed by atoms with E-state index in [0.29, 0.717) is 12.2 Å². The standard InChI is InChI=1S/C26H33N5O2/c1-17(2)16-31-22-10-5-4-9-21(22)23(19-11-13-27-14-12-19)29-24(25(31)32)30-26(33)28-20-8-6-7-18(3)15-20/h4-10,15,17,19,24,27H,11-14,16H2,1-3H3,(H2,28,30,33). The number of rotatable bonds is 5. The van der Waals surface area contributed by atoms with Gasteiger partial charge in [0.15, 0.2) is 0 Å². The van der Waals surface area contributed by atoms with E-state index >= 15 is 0 Å². The summed E-state index contributed by atoms with van der Waals surface area (Å²) in [5, 5.41) is 9.08. The van der Waals surface area contributed by atoms with Crippen LogP contribution in [0.25, 0.3) is 0 Å². The molecule has 7 heteroatoms. The number of amides is 3. The Hall–Kier alpha value is -3.19. The van der Waals surface area contributed by atoms with Gasteiger partial charge < -0.3 is 20.9 Å². The molecule has 0 spiro atoms. The molecular weight excluding hydrogens is 414 g/mol. The maximum atomic E-state index is 13.7. The predicted molar refractivity (Wildman–Crippen MR) is 133 cm³/mol. The van der Waals surface area contributed by atoms with Gasteiger partial charge in [0, 0.05) is 23.7 Å². The van der Waals surface area contributed by atoms with E-state index in [1.54, 1.807) is 4.90 Å². The number of benzene rings is 2. The Balaban J connectivity index is 1.68. The number of nitrogens with zero attached hydrogens (tertiary/aromatic N) is 2. The Morgan fingerprint density at radius 2 is 1.91 bits per heavy atom. The molecule has 2 aromatic carbocycles. The number of hydrogen-bond acceptors (Lipinski definition) is 4. The van der Waals surface area contributed by atoms with Gasteiger partial charge in [-0.25, -0.2) is 4.79 Å². The van der Waals surface area contributed by atoms with Gasteiger partial charge in [-0.15, -0.1) is 0 Å². The predicted octanol–water partition coefficient (Wildman–Crippen LogP) is 3.93. The van der Waals surface area contributed by atoms with Crippen molar-refractivity contribution < 1.29 is 9.59 Å². The molecular formula is C26H33N5O2. The molecule has 0 aliphatic carbocycles. The molecule has 4 rings (SSSR count). The van der Waals surface area contributed by atoms with Crippen LogP contribution in [0.1, 0.15) is 37.8 Å². The van der Waals surface area contributed by atoms with Crippen molar-refractivity contribution in [3.05, 3.63) is 59.7 Å². The molecule has 0 aromatic heterocycles. The molecule has 7 nitrogen and oxygen atoms in total. The number of urea groups is 1. The third-order valence-corrected chi connectivity index (χ3v) is 6.06. The second-order valence-corrected chi connectivity index (χ2v) is 9.27. The van der Waals surface area contributed by atoms with E-state index in [4.69, 9.17) is 4.99 Å². The van der Waals surface area contributed by atoms with Gasteiger partial charge in [-0.3, -0.25) is 9.79 Å². The molecule has 0 bridgehead atoms. The molecule has 1 fully saturated rings. The number of nitrogens with one attached hydrogen (secondary N) is 3. The second-order valence-electron chi connectivity index (χ2n) is 9.27. The number of benzodiazepines with no additional fused rings is 1. The lowest BCUT2D eigenvalue weighted by atomic mass is 9.88. The molecule has 1 atom stereocenters. The molecule has 3 N–H and O–H groups in total. The molecule has 0 radical (unpaired) electrons. The van der Waals surface area contributed by atoms with Crippen LogP contribution in [0.5, 0.6) is 0 Å². The van der Waals surface area contributed by atoms with Crippen LogP contribution in [0.2, 0.25) is 0 Å². The highest BCUT2D eigenvalue weighted by Crippen LogP contribution is 2.31. The first-order valence-electron chi connectivity index (χ1n) is 11.8. The normalized spacial score (nSPS) is 19.0. The minimum Gasteiger partial charge on any atom is -0.317 e.